The van der Waals surface area contributed by atoms with Gasteiger partial charge in [0.15, 0.2) is 0 Å². The molecule has 0 saturated carbocycles. The molecule has 0 aliphatic heterocycles. The highest BCUT2D eigenvalue weighted by molar-refractivity contribution is 7.09. The quantitative estimate of drug-likeness (QED) is 0.690. The fraction of sp³-hybridized carbons (Fsp3) is 0.769. The summed E-state index contributed by atoms with van der Waals surface area (Å²) in [6.07, 6.45) is 4.24. The van der Waals surface area contributed by atoms with Crippen LogP contribution in [0, 0.1) is 11.8 Å². The summed E-state index contributed by atoms with van der Waals surface area (Å²) in [6.45, 7) is 7.34. The summed E-state index contributed by atoms with van der Waals surface area (Å²) < 4.78 is 5.04. The molecule has 0 saturated heterocycles. The lowest BCUT2D eigenvalue weighted by molar-refractivity contribution is 0.197. The van der Waals surface area contributed by atoms with Gasteiger partial charge in [-0.3, -0.25) is 0 Å². The smallest absolute Gasteiger partial charge is 0.0928 e. The number of nitrogens with zero attached hydrogens (tertiary/aromatic N) is 1. The topological polar surface area (TPSA) is 34.1 Å². The first-order valence-corrected chi connectivity index (χ1v) is 7.18. The van der Waals surface area contributed by atoms with Gasteiger partial charge in [-0.05, 0) is 24.8 Å². The van der Waals surface area contributed by atoms with E-state index in [9.17, 15) is 0 Å². The first-order valence-electron chi connectivity index (χ1n) is 6.30. The number of ether oxygens (including phenoxy) is 1. The van der Waals surface area contributed by atoms with Gasteiger partial charge in [-0.25, -0.2) is 4.98 Å². The molecule has 4 heteroatoms. The lowest BCUT2D eigenvalue weighted by Crippen LogP contribution is -2.28. The van der Waals surface area contributed by atoms with Crippen LogP contribution in [0.2, 0.25) is 0 Å². The van der Waals surface area contributed by atoms with Gasteiger partial charge in [0.1, 0.15) is 0 Å². The van der Waals surface area contributed by atoms with E-state index in [1.54, 1.807) is 18.4 Å². The Morgan fingerprint density at radius 1 is 1.47 bits per heavy atom. The van der Waals surface area contributed by atoms with Crippen LogP contribution >= 0.6 is 11.3 Å². The standard InChI is InChI=1S/C13H24N2OS/c1-11(2)8-12(10-14-4-6-16-3)9-13-15-5-7-17-13/h5,7,11-12,14H,4,6,8-10H2,1-3H3. The van der Waals surface area contributed by atoms with E-state index < -0.39 is 0 Å². The Kier molecular flexibility index (Phi) is 7.40. The maximum Gasteiger partial charge on any atom is 0.0928 e. The second kappa shape index (κ2) is 8.61. The van der Waals surface area contributed by atoms with E-state index in [0.29, 0.717) is 5.92 Å². The van der Waals surface area contributed by atoms with Gasteiger partial charge in [-0.1, -0.05) is 13.8 Å². The summed E-state index contributed by atoms with van der Waals surface area (Å²) in [7, 11) is 1.74. The lowest BCUT2D eigenvalue weighted by atomic mass is 9.94. The molecule has 0 aliphatic rings. The molecule has 98 valence electrons. The zero-order valence-corrected chi connectivity index (χ0v) is 11.9. The maximum absolute atomic E-state index is 5.04. The van der Waals surface area contributed by atoms with Crippen LogP contribution in [0.25, 0.3) is 0 Å². The molecule has 1 N–H and O–H groups in total. The highest BCUT2D eigenvalue weighted by atomic mass is 32.1. The summed E-state index contributed by atoms with van der Waals surface area (Å²) >= 11 is 1.76. The van der Waals surface area contributed by atoms with Crippen molar-refractivity contribution in [3.8, 4) is 0 Å². The molecule has 1 aromatic rings. The van der Waals surface area contributed by atoms with Gasteiger partial charge in [0.2, 0.25) is 0 Å². The van der Waals surface area contributed by atoms with Crippen LogP contribution in [-0.4, -0.2) is 31.8 Å². The Bertz CT molecular complexity index is 275. The molecule has 0 radical (unpaired) electrons. The average molecular weight is 256 g/mol. The maximum atomic E-state index is 5.04. The molecule has 1 heterocycles. The second-order valence-electron chi connectivity index (χ2n) is 4.82. The molecule has 1 aromatic heterocycles. The third kappa shape index (κ3) is 6.76. The minimum atomic E-state index is 0.679. The van der Waals surface area contributed by atoms with Crippen LogP contribution < -0.4 is 5.32 Å². The molecule has 0 aliphatic carbocycles. The van der Waals surface area contributed by atoms with Crippen molar-refractivity contribution >= 4 is 11.3 Å². The van der Waals surface area contributed by atoms with E-state index in [2.05, 4.69) is 29.5 Å². The number of hydrogen-bond donors (Lipinski definition) is 1. The van der Waals surface area contributed by atoms with Gasteiger partial charge in [0, 0.05) is 31.7 Å². The summed E-state index contributed by atoms with van der Waals surface area (Å²) in [5.74, 6) is 1.42. The molecule has 0 aromatic carbocycles. The van der Waals surface area contributed by atoms with Crippen LogP contribution in [0.3, 0.4) is 0 Å². The summed E-state index contributed by atoms with van der Waals surface area (Å²) in [5, 5.41) is 6.77. The molecule has 3 nitrogen and oxygen atoms in total. The normalized spacial score (nSPS) is 13.2. The van der Waals surface area contributed by atoms with Crippen LogP contribution in [0.5, 0.6) is 0 Å². The van der Waals surface area contributed by atoms with Gasteiger partial charge >= 0.3 is 0 Å². The zero-order valence-electron chi connectivity index (χ0n) is 11.1. The highest BCUT2D eigenvalue weighted by Crippen LogP contribution is 2.18. The molecular weight excluding hydrogens is 232 g/mol. The first-order chi connectivity index (χ1) is 8.22. The van der Waals surface area contributed by atoms with E-state index in [-0.39, 0.29) is 0 Å². The molecule has 0 amide bonds. The number of thiazole rings is 1. The third-order valence-corrected chi connectivity index (χ3v) is 3.47. The van der Waals surface area contributed by atoms with Crippen LogP contribution in [0.4, 0.5) is 0 Å². The Morgan fingerprint density at radius 3 is 2.88 bits per heavy atom. The Balaban J connectivity index is 2.32. The molecule has 17 heavy (non-hydrogen) atoms. The molecule has 1 unspecified atom stereocenters. The van der Waals surface area contributed by atoms with Crippen molar-refractivity contribution in [2.45, 2.75) is 26.7 Å². The third-order valence-electron chi connectivity index (χ3n) is 2.67. The second-order valence-corrected chi connectivity index (χ2v) is 5.80. The monoisotopic (exact) mass is 256 g/mol. The van der Waals surface area contributed by atoms with E-state index >= 15 is 0 Å². The molecule has 0 spiro atoms. The van der Waals surface area contributed by atoms with Gasteiger partial charge in [-0.15, -0.1) is 11.3 Å². The fourth-order valence-electron chi connectivity index (χ4n) is 1.99. The summed E-state index contributed by atoms with van der Waals surface area (Å²) in [5.41, 5.74) is 0. The van der Waals surface area contributed by atoms with Gasteiger partial charge in [0.05, 0.1) is 11.6 Å². The first kappa shape index (κ1) is 14.6. The molecule has 0 fully saturated rings. The minimum absolute atomic E-state index is 0.679. The summed E-state index contributed by atoms with van der Waals surface area (Å²) in [4.78, 5) is 4.37. The fourth-order valence-corrected chi connectivity index (χ4v) is 2.72. The lowest BCUT2D eigenvalue weighted by Gasteiger charge is -2.18. The van der Waals surface area contributed by atoms with E-state index in [1.165, 1.54) is 11.4 Å². The SMILES string of the molecule is COCCNCC(Cc1nccs1)CC(C)C. The minimum Gasteiger partial charge on any atom is -0.383 e. The van der Waals surface area contributed by atoms with Gasteiger partial charge in [0.25, 0.3) is 0 Å². The Morgan fingerprint density at radius 2 is 2.29 bits per heavy atom. The highest BCUT2D eigenvalue weighted by Gasteiger charge is 2.12. The van der Waals surface area contributed by atoms with Crippen molar-refractivity contribution in [2.24, 2.45) is 11.8 Å². The predicted molar refractivity (Wildman–Crippen MR) is 73.5 cm³/mol. The number of aromatic nitrogens is 1. The van der Waals surface area contributed by atoms with Gasteiger partial charge in [-0.2, -0.15) is 0 Å². The van der Waals surface area contributed by atoms with Crippen molar-refractivity contribution in [3.63, 3.8) is 0 Å². The number of methoxy groups -OCH3 is 1. The van der Waals surface area contributed by atoms with E-state index in [1.807, 2.05) is 6.20 Å². The zero-order chi connectivity index (χ0) is 12.5. The average Bonchev–Trinajstić information content (AvgIpc) is 2.76. The van der Waals surface area contributed by atoms with Gasteiger partial charge < -0.3 is 10.1 Å². The van der Waals surface area contributed by atoms with Crippen LogP contribution in [0.1, 0.15) is 25.3 Å². The number of nitrogens with one attached hydrogen (secondary N) is 1. The van der Waals surface area contributed by atoms with Crippen molar-refractivity contribution in [2.75, 3.05) is 26.8 Å². The molecular formula is C13H24N2OS. The Labute approximate surface area is 109 Å². The predicted octanol–water partition coefficient (Wildman–Crippen LogP) is 2.58. The van der Waals surface area contributed by atoms with Crippen LogP contribution in [-0.2, 0) is 11.2 Å². The largest absolute Gasteiger partial charge is 0.383 e. The van der Waals surface area contributed by atoms with E-state index in [4.69, 9.17) is 4.74 Å². The van der Waals surface area contributed by atoms with Crippen molar-refractivity contribution in [1.29, 1.82) is 0 Å². The van der Waals surface area contributed by atoms with E-state index in [0.717, 1.165) is 32.0 Å². The van der Waals surface area contributed by atoms with Crippen molar-refractivity contribution in [1.82, 2.24) is 10.3 Å². The van der Waals surface area contributed by atoms with Crippen molar-refractivity contribution < 1.29 is 4.74 Å². The number of hydrogen-bond acceptors (Lipinski definition) is 4. The molecule has 0 bridgehead atoms. The van der Waals surface area contributed by atoms with Crippen LogP contribution in [0.15, 0.2) is 11.6 Å². The summed E-state index contributed by atoms with van der Waals surface area (Å²) in [6, 6.07) is 0. The Hall–Kier alpha value is -0.450. The molecule has 1 atom stereocenters. The number of rotatable bonds is 9. The molecule has 1 rings (SSSR count). The van der Waals surface area contributed by atoms with Crippen molar-refractivity contribution in [3.05, 3.63) is 16.6 Å².